The number of benzene rings is 2. The molecule has 0 aromatic heterocycles. The number of carbonyl (C=O) groups is 3. The molecule has 0 aliphatic rings. The lowest BCUT2D eigenvalue weighted by molar-refractivity contribution is -0.124. The molecule has 1 unspecified atom stereocenters. The van der Waals surface area contributed by atoms with Crippen LogP contribution in [0.2, 0.25) is 0 Å². The number of nitrogens with one attached hydrogen (secondary N) is 3. The number of halogens is 1. The molecular formula is C23H29FN4O5S. The summed E-state index contributed by atoms with van der Waals surface area (Å²) in [4.78, 5) is 37.5. The zero-order chi connectivity index (χ0) is 25.5. The number of hydrazine groups is 1. The zero-order valence-electron chi connectivity index (χ0n) is 19.5. The van der Waals surface area contributed by atoms with E-state index in [0.29, 0.717) is 0 Å². The molecule has 0 fully saturated rings. The molecule has 2 aromatic carbocycles. The van der Waals surface area contributed by atoms with Crippen LogP contribution in [0.25, 0.3) is 0 Å². The van der Waals surface area contributed by atoms with Gasteiger partial charge in [-0.05, 0) is 36.2 Å². The van der Waals surface area contributed by atoms with Crippen LogP contribution >= 0.6 is 0 Å². The van der Waals surface area contributed by atoms with Crippen LogP contribution in [-0.4, -0.2) is 49.6 Å². The first-order valence-corrected chi connectivity index (χ1v) is 12.2. The second kappa shape index (κ2) is 11.7. The van der Waals surface area contributed by atoms with E-state index in [-0.39, 0.29) is 35.0 Å². The molecule has 1 atom stereocenters. The Kier molecular flexibility index (Phi) is 9.28. The molecule has 0 bridgehead atoms. The molecule has 0 saturated heterocycles. The molecule has 34 heavy (non-hydrogen) atoms. The lowest BCUT2D eigenvalue weighted by Gasteiger charge is -2.22. The molecule has 11 heteroatoms. The maximum atomic E-state index is 13.7. The lowest BCUT2D eigenvalue weighted by atomic mass is 10.0. The number of nitrogens with zero attached hydrogens (tertiary/aromatic N) is 1. The van der Waals surface area contributed by atoms with Crippen molar-refractivity contribution in [2.24, 2.45) is 5.92 Å². The molecule has 0 aliphatic heterocycles. The van der Waals surface area contributed by atoms with Crippen molar-refractivity contribution in [1.29, 1.82) is 0 Å². The maximum absolute atomic E-state index is 13.7. The van der Waals surface area contributed by atoms with Gasteiger partial charge in [0, 0.05) is 18.7 Å². The van der Waals surface area contributed by atoms with Crippen molar-refractivity contribution >= 4 is 27.7 Å². The second-order valence-corrected chi connectivity index (χ2v) is 9.67. The minimum Gasteiger partial charge on any atom is -0.340 e. The topological polar surface area (TPSA) is 125 Å². The molecule has 3 amide bonds. The standard InChI is InChI=1S/C23H29FN4O5S/c1-5-28(6-2)34(32,33)17-11-9-10-16(14-17)21(29)25-20(15(3)4)23(31)27-26-22(30)18-12-7-8-13-19(18)24/h7-15,20H,5-6H2,1-4H3,(H,25,29)(H,26,30)(H,27,31). The van der Waals surface area contributed by atoms with Gasteiger partial charge in [-0.25, -0.2) is 12.8 Å². The van der Waals surface area contributed by atoms with E-state index in [4.69, 9.17) is 0 Å². The number of carbonyl (C=O) groups excluding carboxylic acids is 3. The predicted molar refractivity (Wildman–Crippen MR) is 125 cm³/mol. The number of sulfonamides is 1. The molecule has 0 aliphatic carbocycles. The molecule has 9 nitrogen and oxygen atoms in total. The Hall–Kier alpha value is -3.31. The fraction of sp³-hybridized carbons (Fsp3) is 0.348. The van der Waals surface area contributed by atoms with Gasteiger partial charge in [0.05, 0.1) is 10.5 Å². The van der Waals surface area contributed by atoms with E-state index in [2.05, 4.69) is 16.2 Å². The summed E-state index contributed by atoms with van der Waals surface area (Å²) in [6, 6.07) is 9.75. The minimum absolute atomic E-state index is 0.0356. The van der Waals surface area contributed by atoms with Crippen LogP contribution in [0.3, 0.4) is 0 Å². The van der Waals surface area contributed by atoms with E-state index in [9.17, 15) is 27.2 Å². The van der Waals surface area contributed by atoms with E-state index >= 15 is 0 Å². The van der Waals surface area contributed by atoms with Gasteiger partial charge in [-0.2, -0.15) is 4.31 Å². The first-order valence-electron chi connectivity index (χ1n) is 10.8. The van der Waals surface area contributed by atoms with Crippen LogP contribution < -0.4 is 16.2 Å². The van der Waals surface area contributed by atoms with Gasteiger partial charge < -0.3 is 5.32 Å². The van der Waals surface area contributed by atoms with Crippen molar-refractivity contribution in [3.63, 3.8) is 0 Å². The van der Waals surface area contributed by atoms with Crippen LogP contribution in [0.5, 0.6) is 0 Å². The van der Waals surface area contributed by atoms with E-state index in [1.165, 1.54) is 46.8 Å². The summed E-state index contributed by atoms with van der Waals surface area (Å²) in [6.07, 6.45) is 0. The van der Waals surface area contributed by atoms with E-state index < -0.39 is 39.6 Å². The maximum Gasteiger partial charge on any atom is 0.272 e. The van der Waals surface area contributed by atoms with Crippen molar-refractivity contribution in [2.45, 2.75) is 38.6 Å². The Morgan fingerprint density at radius 3 is 2.18 bits per heavy atom. The lowest BCUT2D eigenvalue weighted by Crippen LogP contribution is -2.54. The van der Waals surface area contributed by atoms with Crippen molar-refractivity contribution in [2.75, 3.05) is 13.1 Å². The third-order valence-electron chi connectivity index (χ3n) is 5.09. The first-order chi connectivity index (χ1) is 16.0. The predicted octanol–water partition coefficient (Wildman–Crippen LogP) is 2.07. The monoisotopic (exact) mass is 492 g/mol. The van der Waals surface area contributed by atoms with Crippen molar-refractivity contribution in [3.8, 4) is 0 Å². The summed E-state index contributed by atoms with van der Waals surface area (Å²) >= 11 is 0. The van der Waals surface area contributed by atoms with Gasteiger partial charge in [0.15, 0.2) is 0 Å². The summed E-state index contributed by atoms with van der Waals surface area (Å²) in [5.41, 5.74) is 4.12. The summed E-state index contributed by atoms with van der Waals surface area (Å²) in [7, 11) is -3.77. The van der Waals surface area contributed by atoms with Crippen molar-refractivity contribution in [1.82, 2.24) is 20.5 Å². The average Bonchev–Trinajstić information content (AvgIpc) is 2.81. The normalized spacial score (nSPS) is 12.3. The Balaban J connectivity index is 2.14. The molecule has 2 aromatic rings. The van der Waals surface area contributed by atoms with Crippen molar-refractivity contribution < 1.29 is 27.2 Å². The molecule has 0 radical (unpaired) electrons. The van der Waals surface area contributed by atoms with E-state index in [0.717, 1.165) is 6.07 Å². The van der Waals surface area contributed by atoms with Crippen molar-refractivity contribution in [3.05, 3.63) is 65.5 Å². The van der Waals surface area contributed by atoms with Gasteiger partial charge in [-0.15, -0.1) is 0 Å². The molecule has 0 saturated carbocycles. The highest BCUT2D eigenvalue weighted by molar-refractivity contribution is 7.89. The fourth-order valence-corrected chi connectivity index (χ4v) is 4.68. The van der Waals surface area contributed by atoms with Gasteiger partial charge in [0.2, 0.25) is 10.0 Å². The van der Waals surface area contributed by atoms with Gasteiger partial charge >= 0.3 is 0 Å². The third-order valence-corrected chi connectivity index (χ3v) is 7.14. The van der Waals surface area contributed by atoms with Gasteiger partial charge in [-0.1, -0.05) is 45.9 Å². The summed E-state index contributed by atoms with van der Waals surface area (Å²) in [6.45, 7) is 7.37. The fourth-order valence-electron chi connectivity index (χ4n) is 3.18. The van der Waals surface area contributed by atoms with E-state index in [1.54, 1.807) is 27.7 Å². The number of rotatable bonds is 9. The molecule has 0 heterocycles. The minimum atomic E-state index is -3.77. The number of amides is 3. The Morgan fingerprint density at radius 2 is 1.59 bits per heavy atom. The van der Waals surface area contributed by atoms with Gasteiger partial charge in [0.1, 0.15) is 11.9 Å². The number of hydrogen-bond acceptors (Lipinski definition) is 5. The van der Waals surface area contributed by atoms with Crippen LogP contribution in [0, 0.1) is 11.7 Å². The molecule has 184 valence electrons. The largest absolute Gasteiger partial charge is 0.340 e. The molecule has 0 spiro atoms. The Bertz CT molecular complexity index is 1150. The second-order valence-electron chi connectivity index (χ2n) is 7.74. The van der Waals surface area contributed by atoms with Crippen LogP contribution in [0.4, 0.5) is 4.39 Å². The smallest absolute Gasteiger partial charge is 0.272 e. The number of hydrogen-bond donors (Lipinski definition) is 3. The average molecular weight is 493 g/mol. The SMILES string of the molecule is CCN(CC)S(=O)(=O)c1cccc(C(=O)NC(C(=O)NNC(=O)c2ccccc2F)C(C)C)c1. The van der Waals surface area contributed by atoms with Gasteiger partial charge in [-0.3, -0.25) is 25.2 Å². The molecule has 2 rings (SSSR count). The summed E-state index contributed by atoms with van der Waals surface area (Å²) < 4.78 is 40.5. The highest BCUT2D eigenvalue weighted by Crippen LogP contribution is 2.17. The highest BCUT2D eigenvalue weighted by atomic mass is 32.2. The zero-order valence-corrected chi connectivity index (χ0v) is 20.3. The van der Waals surface area contributed by atoms with Gasteiger partial charge in [0.25, 0.3) is 17.7 Å². The quantitative estimate of drug-likeness (QED) is 0.462. The molecular weight excluding hydrogens is 463 g/mol. The molecule has 3 N–H and O–H groups in total. The summed E-state index contributed by atoms with van der Waals surface area (Å²) in [5.74, 6) is -3.36. The first kappa shape index (κ1) is 26.9. The summed E-state index contributed by atoms with van der Waals surface area (Å²) in [5, 5.41) is 2.56. The van der Waals surface area contributed by atoms with E-state index in [1.807, 2.05) is 0 Å². The van der Waals surface area contributed by atoms with Crippen LogP contribution in [-0.2, 0) is 14.8 Å². The Morgan fingerprint density at radius 1 is 0.941 bits per heavy atom. The third kappa shape index (κ3) is 6.39. The van der Waals surface area contributed by atoms with Crippen LogP contribution in [0.15, 0.2) is 53.4 Å². The van der Waals surface area contributed by atoms with Crippen LogP contribution in [0.1, 0.15) is 48.4 Å². The Labute approximate surface area is 198 Å². The highest BCUT2D eigenvalue weighted by Gasteiger charge is 2.27.